The van der Waals surface area contributed by atoms with E-state index in [2.05, 4.69) is 13.5 Å². The Morgan fingerprint density at radius 3 is 2.00 bits per heavy atom. The molecule has 130 valence electrons. The molecule has 0 radical (unpaired) electrons. The van der Waals surface area contributed by atoms with Crippen molar-refractivity contribution in [3.8, 4) is 0 Å². The van der Waals surface area contributed by atoms with E-state index < -0.39 is 11.6 Å². The minimum absolute atomic E-state index is 0.161. The minimum Gasteiger partial charge on any atom is -0.481 e. The van der Waals surface area contributed by atoms with Gasteiger partial charge in [-0.1, -0.05) is 59.0 Å². The zero-order valence-electron chi connectivity index (χ0n) is 15.0. The van der Waals surface area contributed by atoms with Crippen LogP contribution in [0.15, 0.2) is 12.7 Å². The summed E-state index contributed by atoms with van der Waals surface area (Å²) in [4.78, 5) is 21.0. The van der Waals surface area contributed by atoms with Crippen LogP contribution >= 0.6 is 0 Å². The van der Waals surface area contributed by atoms with Gasteiger partial charge in [-0.05, 0) is 27.2 Å². The number of hydrogen-bond donors (Lipinski definition) is 1. The molecule has 22 heavy (non-hydrogen) atoms. The van der Waals surface area contributed by atoms with Crippen LogP contribution in [0.4, 0.5) is 0 Å². The van der Waals surface area contributed by atoms with Gasteiger partial charge in [0.25, 0.3) is 0 Å². The third-order valence-corrected chi connectivity index (χ3v) is 2.99. The van der Waals surface area contributed by atoms with Crippen molar-refractivity contribution in [2.45, 2.75) is 85.2 Å². The zero-order chi connectivity index (χ0) is 17.6. The molecule has 0 bridgehead atoms. The van der Waals surface area contributed by atoms with Crippen molar-refractivity contribution in [3.05, 3.63) is 12.7 Å². The van der Waals surface area contributed by atoms with Crippen LogP contribution in [0.1, 0.15) is 79.6 Å². The predicted molar refractivity (Wildman–Crippen MR) is 90.8 cm³/mol. The lowest BCUT2D eigenvalue weighted by atomic mass is 10.0. The molecule has 0 fully saturated rings. The summed E-state index contributed by atoms with van der Waals surface area (Å²) < 4.78 is 4.83. The van der Waals surface area contributed by atoms with Crippen LogP contribution in [-0.4, -0.2) is 22.6 Å². The summed E-state index contributed by atoms with van der Waals surface area (Å²) in [5.41, 5.74) is -0.398. The Kier molecular flexibility index (Phi) is 13.9. The number of esters is 1. The molecular formula is C18H34O4. The molecule has 0 saturated heterocycles. The highest BCUT2D eigenvalue weighted by Gasteiger charge is 2.13. The number of carbonyl (C=O) groups is 2. The number of aliphatic carboxylic acids is 1. The quantitative estimate of drug-likeness (QED) is 0.370. The SMILES string of the molecule is C=CC(=O)OC(C)(C)C.CCCCCCCCC(C)C(=O)O. The first-order valence-electron chi connectivity index (χ1n) is 8.22. The summed E-state index contributed by atoms with van der Waals surface area (Å²) in [5, 5.41) is 8.62. The number of ether oxygens (including phenoxy) is 1. The van der Waals surface area contributed by atoms with Crippen molar-refractivity contribution in [2.75, 3.05) is 0 Å². The Labute approximate surface area is 135 Å². The molecule has 0 rings (SSSR count). The summed E-state index contributed by atoms with van der Waals surface area (Å²) in [5.74, 6) is -1.19. The molecule has 0 aromatic rings. The van der Waals surface area contributed by atoms with Gasteiger partial charge in [0.2, 0.25) is 0 Å². The third-order valence-electron chi connectivity index (χ3n) is 2.99. The van der Waals surface area contributed by atoms with Crippen molar-refractivity contribution >= 4 is 11.9 Å². The highest BCUT2D eigenvalue weighted by molar-refractivity contribution is 5.81. The Morgan fingerprint density at radius 1 is 1.14 bits per heavy atom. The van der Waals surface area contributed by atoms with E-state index in [1.54, 1.807) is 6.92 Å². The molecule has 0 saturated carbocycles. The summed E-state index contributed by atoms with van der Waals surface area (Å²) in [7, 11) is 0. The monoisotopic (exact) mass is 314 g/mol. The van der Waals surface area contributed by atoms with Gasteiger partial charge in [0, 0.05) is 6.08 Å². The van der Waals surface area contributed by atoms with Crippen LogP contribution in [0.3, 0.4) is 0 Å². The molecule has 0 heterocycles. The average molecular weight is 314 g/mol. The molecule has 0 aromatic carbocycles. The number of rotatable bonds is 9. The van der Waals surface area contributed by atoms with E-state index in [1.165, 1.54) is 32.1 Å². The molecule has 1 unspecified atom stereocenters. The molecule has 4 nitrogen and oxygen atoms in total. The van der Waals surface area contributed by atoms with Crippen LogP contribution in [0.5, 0.6) is 0 Å². The van der Waals surface area contributed by atoms with Crippen molar-refractivity contribution in [3.63, 3.8) is 0 Å². The first-order valence-corrected chi connectivity index (χ1v) is 8.22. The van der Waals surface area contributed by atoms with Gasteiger partial charge in [0.1, 0.15) is 5.60 Å². The fraction of sp³-hybridized carbons (Fsp3) is 0.778. The summed E-state index contributed by atoms with van der Waals surface area (Å²) in [6, 6.07) is 0. The minimum atomic E-state index is -0.659. The van der Waals surface area contributed by atoms with Gasteiger partial charge in [0.15, 0.2) is 0 Å². The molecular weight excluding hydrogens is 280 g/mol. The Morgan fingerprint density at radius 2 is 1.64 bits per heavy atom. The second kappa shape index (κ2) is 13.4. The number of carbonyl (C=O) groups excluding carboxylic acids is 1. The lowest BCUT2D eigenvalue weighted by molar-refractivity contribution is -0.148. The van der Waals surface area contributed by atoms with Crippen molar-refractivity contribution in [1.29, 1.82) is 0 Å². The van der Waals surface area contributed by atoms with Crippen LogP contribution in [0.2, 0.25) is 0 Å². The van der Waals surface area contributed by atoms with Gasteiger partial charge in [-0.15, -0.1) is 0 Å². The molecule has 1 N–H and O–H groups in total. The van der Waals surface area contributed by atoms with E-state index in [0.717, 1.165) is 18.9 Å². The normalized spacial score (nSPS) is 11.9. The summed E-state index contributed by atoms with van der Waals surface area (Å²) >= 11 is 0. The van der Waals surface area contributed by atoms with Crippen LogP contribution in [0.25, 0.3) is 0 Å². The first-order chi connectivity index (χ1) is 10.1. The maximum atomic E-state index is 10.5. The van der Waals surface area contributed by atoms with Crippen molar-refractivity contribution < 1.29 is 19.4 Å². The molecule has 0 aliphatic carbocycles. The topological polar surface area (TPSA) is 63.6 Å². The Hall–Kier alpha value is -1.32. The van der Waals surface area contributed by atoms with Crippen LogP contribution in [0, 0.1) is 5.92 Å². The zero-order valence-corrected chi connectivity index (χ0v) is 15.0. The van der Waals surface area contributed by atoms with E-state index in [4.69, 9.17) is 9.84 Å². The summed E-state index contributed by atoms with van der Waals surface area (Å²) in [6.07, 6.45) is 9.40. The third kappa shape index (κ3) is 18.7. The van der Waals surface area contributed by atoms with Crippen molar-refractivity contribution in [1.82, 2.24) is 0 Å². The average Bonchev–Trinajstić information content (AvgIpc) is 2.41. The van der Waals surface area contributed by atoms with E-state index in [-0.39, 0.29) is 11.9 Å². The molecule has 0 aliphatic heterocycles. The van der Waals surface area contributed by atoms with Gasteiger partial charge in [-0.3, -0.25) is 4.79 Å². The Bertz CT molecular complexity index is 316. The highest BCUT2D eigenvalue weighted by Crippen LogP contribution is 2.11. The molecule has 0 amide bonds. The lowest BCUT2D eigenvalue weighted by Gasteiger charge is -2.17. The molecule has 0 aromatic heterocycles. The molecule has 4 heteroatoms. The molecule has 0 aliphatic rings. The number of unbranched alkanes of at least 4 members (excludes halogenated alkanes) is 5. The number of hydrogen-bond acceptors (Lipinski definition) is 3. The predicted octanol–water partition coefficient (Wildman–Crippen LogP) is 4.97. The second-order valence-electron chi connectivity index (χ2n) is 6.53. The fourth-order valence-corrected chi connectivity index (χ4v) is 1.70. The molecule has 0 spiro atoms. The van der Waals surface area contributed by atoms with Gasteiger partial charge < -0.3 is 9.84 Å². The summed E-state index contributed by atoms with van der Waals surface area (Å²) in [6.45, 7) is 12.7. The first kappa shape index (κ1) is 23.0. The number of carboxylic acid groups (broad SMARTS) is 1. The van der Waals surface area contributed by atoms with E-state index in [9.17, 15) is 9.59 Å². The molecule has 1 atom stereocenters. The standard InChI is InChI=1S/C11H22O2.C7H12O2/c1-3-4-5-6-7-8-9-10(2)11(12)13;1-5-6(8)9-7(2,3)4/h10H,3-9H2,1-2H3,(H,12,13);5H,1H2,2-4H3. The van der Waals surface area contributed by atoms with E-state index in [1.807, 2.05) is 20.8 Å². The lowest BCUT2D eigenvalue weighted by Crippen LogP contribution is -2.22. The number of carboxylic acids is 1. The maximum Gasteiger partial charge on any atom is 0.330 e. The highest BCUT2D eigenvalue weighted by atomic mass is 16.6. The Balaban J connectivity index is 0. The van der Waals surface area contributed by atoms with Crippen LogP contribution in [-0.2, 0) is 14.3 Å². The second-order valence-corrected chi connectivity index (χ2v) is 6.53. The van der Waals surface area contributed by atoms with Gasteiger partial charge in [0.05, 0.1) is 5.92 Å². The largest absolute Gasteiger partial charge is 0.481 e. The van der Waals surface area contributed by atoms with Gasteiger partial charge >= 0.3 is 11.9 Å². The van der Waals surface area contributed by atoms with Gasteiger partial charge in [-0.25, -0.2) is 4.79 Å². The van der Waals surface area contributed by atoms with Gasteiger partial charge in [-0.2, -0.15) is 0 Å². The van der Waals surface area contributed by atoms with Crippen LogP contribution < -0.4 is 0 Å². The van der Waals surface area contributed by atoms with Crippen molar-refractivity contribution in [2.24, 2.45) is 5.92 Å². The fourth-order valence-electron chi connectivity index (χ4n) is 1.70. The van der Waals surface area contributed by atoms with E-state index >= 15 is 0 Å². The maximum absolute atomic E-state index is 10.5. The smallest absolute Gasteiger partial charge is 0.330 e. The van der Waals surface area contributed by atoms with E-state index in [0.29, 0.717) is 0 Å².